The summed E-state index contributed by atoms with van der Waals surface area (Å²) in [5.41, 5.74) is 1.33. The van der Waals surface area contributed by atoms with Crippen molar-refractivity contribution in [3.63, 3.8) is 0 Å². The molecule has 2 aliphatic heterocycles. The first-order valence-electron chi connectivity index (χ1n) is 13.8. The van der Waals surface area contributed by atoms with Crippen molar-refractivity contribution in [2.45, 2.75) is 63.0 Å². The number of sulfonamides is 1. The van der Waals surface area contributed by atoms with Crippen LogP contribution in [0.1, 0.15) is 32.8 Å². The van der Waals surface area contributed by atoms with Crippen molar-refractivity contribution in [3.05, 3.63) is 60.2 Å². The van der Waals surface area contributed by atoms with E-state index in [-0.39, 0.29) is 55.0 Å². The Morgan fingerprint density at radius 2 is 1.78 bits per heavy atom. The standard InChI is InChI=1S/C29H39N3O8S/c1-19(2)16-32(41(36,37)23-11-9-22(10-12-23)30-20(3)33)17-26(34)25(15-21-7-5-4-6-8-21)31-29(35)40-27-18-39-28-24(27)13-14-38-28/h4-12,19,24-28,34H,13-18H2,1-3H3,(H,30,33)(H,31,35)/t24?,25-,26+,27?,28+/m0/s1. The molecule has 5 atom stereocenters. The summed E-state index contributed by atoms with van der Waals surface area (Å²) in [5, 5.41) is 16.8. The van der Waals surface area contributed by atoms with Gasteiger partial charge in [0.1, 0.15) is 6.10 Å². The highest BCUT2D eigenvalue weighted by atomic mass is 32.2. The molecule has 0 radical (unpaired) electrons. The molecule has 2 saturated heterocycles. The van der Waals surface area contributed by atoms with Gasteiger partial charge in [-0.2, -0.15) is 4.31 Å². The van der Waals surface area contributed by atoms with Crippen LogP contribution in [0.5, 0.6) is 0 Å². The van der Waals surface area contributed by atoms with Gasteiger partial charge in [-0.3, -0.25) is 4.79 Å². The molecule has 2 amide bonds. The number of fused-ring (bicyclic) bond motifs is 1. The third-order valence-corrected chi connectivity index (χ3v) is 8.93. The second-order valence-electron chi connectivity index (χ2n) is 10.9. The van der Waals surface area contributed by atoms with Crippen LogP contribution >= 0.6 is 0 Å². The number of alkyl carbamates (subject to hydrolysis) is 1. The molecule has 2 aliphatic rings. The van der Waals surface area contributed by atoms with Crippen LogP contribution < -0.4 is 10.6 Å². The number of hydrogen-bond acceptors (Lipinski definition) is 8. The van der Waals surface area contributed by atoms with Crippen LogP contribution in [0.4, 0.5) is 10.5 Å². The van der Waals surface area contributed by atoms with Crippen molar-refractivity contribution in [1.82, 2.24) is 9.62 Å². The van der Waals surface area contributed by atoms with Gasteiger partial charge in [-0.05, 0) is 48.6 Å². The van der Waals surface area contributed by atoms with Crippen LogP contribution in [-0.2, 0) is 35.4 Å². The lowest BCUT2D eigenvalue weighted by Crippen LogP contribution is -2.51. The third kappa shape index (κ3) is 8.26. The van der Waals surface area contributed by atoms with Crippen molar-refractivity contribution in [2.75, 3.05) is 31.6 Å². The molecule has 11 nitrogen and oxygen atoms in total. The maximum atomic E-state index is 13.7. The summed E-state index contributed by atoms with van der Waals surface area (Å²) in [6.07, 6.45) is -1.81. The Bertz CT molecular complexity index is 1270. The maximum Gasteiger partial charge on any atom is 0.407 e. The summed E-state index contributed by atoms with van der Waals surface area (Å²) in [4.78, 5) is 24.4. The highest BCUT2D eigenvalue weighted by Gasteiger charge is 2.44. The number of anilines is 1. The molecule has 2 aromatic rings. The third-order valence-electron chi connectivity index (χ3n) is 7.08. The van der Waals surface area contributed by atoms with E-state index in [1.807, 2.05) is 44.2 Å². The van der Waals surface area contributed by atoms with E-state index in [0.717, 1.165) is 12.0 Å². The lowest BCUT2D eigenvalue weighted by atomic mass is 10.0. The van der Waals surface area contributed by atoms with Gasteiger partial charge < -0.3 is 30.0 Å². The quantitative estimate of drug-likeness (QED) is 0.343. The van der Waals surface area contributed by atoms with E-state index in [2.05, 4.69) is 10.6 Å². The lowest BCUT2D eigenvalue weighted by molar-refractivity contribution is -0.114. The SMILES string of the molecule is CC(=O)Nc1ccc(S(=O)(=O)N(CC(C)C)C[C@@H](O)[C@H](Cc2ccccc2)NC(=O)OC2CO[C@H]3OCCC23)cc1. The highest BCUT2D eigenvalue weighted by Crippen LogP contribution is 2.33. The number of carbonyl (C=O) groups excluding carboxylic acids is 2. The number of rotatable bonds is 12. The van der Waals surface area contributed by atoms with Gasteiger partial charge in [0.15, 0.2) is 6.29 Å². The van der Waals surface area contributed by atoms with Crippen LogP contribution in [0.15, 0.2) is 59.5 Å². The van der Waals surface area contributed by atoms with Gasteiger partial charge in [-0.25, -0.2) is 13.2 Å². The monoisotopic (exact) mass is 589 g/mol. The molecule has 0 aromatic heterocycles. The van der Waals surface area contributed by atoms with Gasteiger partial charge in [0.05, 0.1) is 36.2 Å². The minimum atomic E-state index is -4.01. The summed E-state index contributed by atoms with van der Waals surface area (Å²) >= 11 is 0. The number of aliphatic hydroxyl groups excluding tert-OH is 1. The Hall–Kier alpha value is -3.03. The molecule has 0 aliphatic carbocycles. The fourth-order valence-corrected chi connectivity index (χ4v) is 6.72. The number of amides is 2. The van der Waals surface area contributed by atoms with E-state index in [1.165, 1.54) is 35.5 Å². The first-order chi connectivity index (χ1) is 19.5. The minimum absolute atomic E-state index is 0.0287. The van der Waals surface area contributed by atoms with E-state index in [4.69, 9.17) is 14.2 Å². The number of carbonyl (C=O) groups is 2. The molecule has 224 valence electrons. The largest absolute Gasteiger partial charge is 0.443 e. The predicted octanol–water partition coefficient (Wildman–Crippen LogP) is 2.75. The van der Waals surface area contributed by atoms with Crippen LogP contribution in [0.3, 0.4) is 0 Å². The summed E-state index contributed by atoms with van der Waals surface area (Å²) in [5.74, 6) is -0.343. The number of ether oxygens (including phenoxy) is 3. The van der Waals surface area contributed by atoms with Crippen LogP contribution in [-0.4, -0.2) is 80.7 Å². The molecule has 41 heavy (non-hydrogen) atoms. The van der Waals surface area contributed by atoms with Crippen molar-refractivity contribution < 1.29 is 37.3 Å². The number of aliphatic hydroxyl groups is 1. The van der Waals surface area contributed by atoms with Crippen LogP contribution in [0.25, 0.3) is 0 Å². The molecule has 3 N–H and O–H groups in total. The Labute approximate surface area is 241 Å². The van der Waals surface area contributed by atoms with Gasteiger partial charge in [0, 0.05) is 25.7 Å². The van der Waals surface area contributed by atoms with Crippen molar-refractivity contribution in [3.8, 4) is 0 Å². The van der Waals surface area contributed by atoms with Crippen molar-refractivity contribution in [2.24, 2.45) is 11.8 Å². The molecule has 2 unspecified atom stereocenters. The normalized spacial score (nSPS) is 21.9. The molecule has 2 aromatic carbocycles. The van der Waals surface area contributed by atoms with Gasteiger partial charge >= 0.3 is 6.09 Å². The van der Waals surface area contributed by atoms with E-state index in [1.54, 1.807) is 0 Å². The smallest absolute Gasteiger partial charge is 0.407 e. The molecule has 2 fully saturated rings. The van der Waals surface area contributed by atoms with E-state index >= 15 is 0 Å². The maximum absolute atomic E-state index is 13.7. The first kappa shape index (κ1) is 30.9. The highest BCUT2D eigenvalue weighted by molar-refractivity contribution is 7.89. The van der Waals surface area contributed by atoms with E-state index in [9.17, 15) is 23.1 Å². The van der Waals surface area contributed by atoms with E-state index in [0.29, 0.717) is 12.3 Å². The molecule has 0 bridgehead atoms. The second-order valence-corrected chi connectivity index (χ2v) is 12.8. The Morgan fingerprint density at radius 1 is 1.07 bits per heavy atom. The van der Waals surface area contributed by atoms with Crippen LogP contribution in [0.2, 0.25) is 0 Å². The topological polar surface area (TPSA) is 144 Å². The molecule has 2 heterocycles. The molecule has 0 saturated carbocycles. The number of nitrogens with zero attached hydrogens (tertiary/aromatic N) is 1. The zero-order valence-corrected chi connectivity index (χ0v) is 24.4. The summed E-state index contributed by atoms with van der Waals surface area (Å²) in [7, 11) is -4.01. The zero-order chi connectivity index (χ0) is 29.6. The Kier molecular flexibility index (Phi) is 10.4. The second kappa shape index (κ2) is 13.8. The summed E-state index contributed by atoms with van der Waals surface area (Å²) < 4.78 is 45.3. The Balaban J connectivity index is 1.51. The van der Waals surface area contributed by atoms with Crippen molar-refractivity contribution in [1.29, 1.82) is 0 Å². The zero-order valence-electron chi connectivity index (χ0n) is 23.6. The fraction of sp³-hybridized carbons (Fsp3) is 0.517. The van der Waals surface area contributed by atoms with Gasteiger partial charge in [-0.15, -0.1) is 0 Å². The fourth-order valence-electron chi connectivity index (χ4n) is 5.10. The average Bonchev–Trinajstić information content (AvgIpc) is 3.53. The average molecular weight is 590 g/mol. The number of benzene rings is 2. The van der Waals surface area contributed by atoms with Crippen molar-refractivity contribution >= 4 is 27.7 Å². The molecular weight excluding hydrogens is 550 g/mol. The van der Waals surface area contributed by atoms with Gasteiger partial charge in [-0.1, -0.05) is 44.2 Å². The summed E-state index contributed by atoms with van der Waals surface area (Å²) in [6.45, 7) is 5.81. The molecule has 12 heteroatoms. The first-order valence-corrected chi connectivity index (χ1v) is 15.3. The van der Waals surface area contributed by atoms with E-state index < -0.39 is 34.4 Å². The Morgan fingerprint density at radius 3 is 2.44 bits per heavy atom. The minimum Gasteiger partial charge on any atom is -0.443 e. The lowest BCUT2D eigenvalue weighted by Gasteiger charge is -2.31. The van der Waals surface area contributed by atoms with Crippen LogP contribution in [0, 0.1) is 11.8 Å². The molecule has 0 spiro atoms. The van der Waals surface area contributed by atoms with Gasteiger partial charge in [0.25, 0.3) is 0 Å². The molecular formula is C29H39N3O8S. The number of hydrogen-bond donors (Lipinski definition) is 3. The van der Waals surface area contributed by atoms with Gasteiger partial charge in [0.2, 0.25) is 15.9 Å². The predicted molar refractivity (Wildman–Crippen MR) is 151 cm³/mol. The summed E-state index contributed by atoms with van der Waals surface area (Å²) in [6, 6.07) is 14.3. The number of nitrogens with one attached hydrogen (secondary N) is 2. The molecule has 4 rings (SSSR count).